The SMILES string of the molecule is Cc1ccc(OCc2ncccc2F)cc1NC(=O)c1cc(Cl)ncc1NC(=O)O. The molecule has 0 saturated carbocycles. The first kappa shape index (κ1) is 21.0. The van der Waals surface area contributed by atoms with Crippen molar-refractivity contribution in [1.29, 1.82) is 0 Å². The van der Waals surface area contributed by atoms with Crippen molar-refractivity contribution in [2.24, 2.45) is 0 Å². The first-order valence-corrected chi connectivity index (χ1v) is 9.01. The summed E-state index contributed by atoms with van der Waals surface area (Å²) < 4.78 is 19.3. The molecule has 3 aromatic rings. The second-order valence-electron chi connectivity index (χ2n) is 6.13. The van der Waals surface area contributed by atoms with Crippen molar-refractivity contribution < 1.29 is 23.8 Å². The van der Waals surface area contributed by atoms with Crippen LogP contribution in [0.2, 0.25) is 5.15 Å². The van der Waals surface area contributed by atoms with Crippen LogP contribution in [0, 0.1) is 12.7 Å². The molecule has 0 bridgehead atoms. The van der Waals surface area contributed by atoms with Crippen molar-refractivity contribution in [2.45, 2.75) is 13.5 Å². The van der Waals surface area contributed by atoms with Gasteiger partial charge in [0, 0.05) is 18.0 Å². The second-order valence-corrected chi connectivity index (χ2v) is 6.52. The van der Waals surface area contributed by atoms with E-state index in [9.17, 15) is 14.0 Å². The Balaban J connectivity index is 1.79. The number of hydrogen-bond donors (Lipinski definition) is 3. The fourth-order valence-electron chi connectivity index (χ4n) is 2.52. The van der Waals surface area contributed by atoms with Crippen molar-refractivity contribution in [3.8, 4) is 5.75 Å². The zero-order valence-electron chi connectivity index (χ0n) is 15.6. The third-order valence-electron chi connectivity index (χ3n) is 4.02. The van der Waals surface area contributed by atoms with Gasteiger partial charge >= 0.3 is 6.09 Å². The van der Waals surface area contributed by atoms with Crippen LogP contribution in [0.1, 0.15) is 21.6 Å². The van der Waals surface area contributed by atoms with Gasteiger partial charge in [0.05, 0.1) is 17.4 Å². The molecule has 0 spiro atoms. The fourth-order valence-corrected chi connectivity index (χ4v) is 2.68. The molecule has 0 aliphatic rings. The molecule has 3 N–H and O–H groups in total. The van der Waals surface area contributed by atoms with Gasteiger partial charge in [-0.2, -0.15) is 0 Å². The van der Waals surface area contributed by atoms with Crippen molar-refractivity contribution in [3.63, 3.8) is 0 Å². The van der Waals surface area contributed by atoms with Gasteiger partial charge in [-0.1, -0.05) is 17.7 Å². The van der Waals surface area contributed by atoms with E-state index in [1.54, 1.807) is 25.1 Å². The van der Waals surface area contributed by atoms with Gasteiger partial charge in [0.25, 0.3) is 5.91 Å². The molecule has 8 nitrogen and oxygen atoms in total. The first-order valence-electron chi connectivity index (χ1n) is 8.63. The van der Waals surface area contributed by atoms with E-state index in [1.165, 1.54) is 24.4 Å². The maximum absolute atomic E-state index is 13.7. The number of carbonyl (C=O) groups excluding carboxylic acids is 1. The third kappa shape index (κ3) is 5.21. The van der Waals surface area contributed by atoms with E-state index in [0.717, 1.165) is 11.8 Å². The lowest BCUT2D eigenvalue weighted by Crippen LogP contribution is -2.18. The summed E-state index contributed by atoms with van der Waals surface area (Å²) in [5, 5.41) is 13.8. The predicted molar refractivity (Wildman–Crippen MR) is 109 cm³/mol. The molecule has 2 aromatic heterocycles. The number of pyridine rings is 2. The molecular formula is C20H16ClFN4O4. The average Bonchev–Trinajstić information content (AvgIpc) is 2.70. The monoisotopic (exact) mass is 430 g/mol. The number of amides is 2. The van der Waals surface area contributed by atoms with Crippen LogP contribution >= 0.6 is 11.6 Å². The predicted octanol–water partition coefficient (Wildman–Crippen LogP) is 4.50. The topological polar surface area (TPSA) is 113 Å². The van der Waals surface area contributed by atoms with Crippen molar-refractivity contribution in [2.75, 3.05) is 10.6 Å². The number of aryl methyl sites for hydroxylation is 1. The number of anilines is 2. The number of carbonyl (C=O) groups is 2. The number of nitrogens with one attached hydrogen (secondary N) is 2. The molecule has 0 unspecified atom stereocenters. The molecule has 0 fully saturated rings. The molecule has 0 saturated heterocycles. The summed E-state index contributed by atoms with van der Waals surface area (Å²) in [7, 11) is 0. The summed E-state index contributed by atoms with van der Waals surface area (Å²) in [6.45, 7) is 1.68. The van der Waals surface area contributed by atoms with E-state index in [4.69, 9.17) is 21.4 Å². The van der Waals surface area contributed by atoms with Gasteiger partial charge in [0.2, 0.25) is 0 Å². The lowest BCUT2D eigenvalue weighted by molar-refractivity contribution is 0.102. The van der Waals surface area contributed by atoms with Crippen LogP contribution in [-0.4, -0.2) is 27.1 Å². The van der Waals surface area contributed by atoms with Crippen LogP contribution in [0.25, 0.3) is 0 Å². The highest BCUT2D eigenvalue weighted by Gasteiger charge is 2.16. The highest BCUT2D eigenvalue weighted by Crippen LogP contribution is 2.25. The number of carboxylic acid groups (broad SMARTS) is 1. The summed E-state index contributed by atoms with van der Waals surface area (Å²) >= 11 is 5.85. The van der Waals surface area contributed by atoms with Gasteiger partial charge in [-0.25, -0.2) is 14.2 Å². The Labute approximate surface area is 175 Å². The molecule has 154 valence electrons. The van der Waals surface area contributed by atoms with Crippen LogP contribution in [0.3, 0.4) is 0 Å². The number of aromatic nitrogens is 2. The zero-order chi connectivity index (χ0) is 21.7. The zero-order valence-corrected chi connectivity index (χ0v) is 16.4. The van der Waals surface area contributed by atoms with Crippen LogP contribution in [0.15, 0.2) is 48.8 Å². The van der Waals surface area contributed by atoms with Crippen LogP contribution in [-0.2, 0) is 6.61 Å². The number of halogens is 2. The summed E-state index contributed by atoms with van der Waals surface area (Å²) in [5.74, 6) is -0.692. The Morgan fingerprint density at radius 2 is 1.97 bits per heavy atom. The van der Waals surface area contributed by atoms with Gasteiger partial charge in [0.15, 0.2) is 0 Å². The van der Waals surface area contributed by atoms with Crippen molar-refractivity contribution in [3.05, 3.63) is 76.6 Å². The molecule has 0 radical (unpaired) electrons. The van der Waals surface area contributed by atoms with E-state index >= 15 is 0 Å². The summed E-state index contributed by atoms with van der Waals surface area (Å²) in [6.07, 6.45) is 1.27. The second kappa shape index (κ2) is 9.19. The molecule has 3 rings (SSSR count). The minimum Gasteiger partial charge on any atom is -0.487 e. The maximum Gasteiger partial charge on any atom is 0.409 e. The van der Waals surface area contributed by atoms with Crippen LogP contribution in [0.5, 0.6) is 5.75 Å². The molecule has 2 heterocycles. The maximum atomic E-state index is 13.7. The Morgan fingerprint density at radius 1 is 1.17 bits per heavy atom. The Hall–Kier alpha value is -3.72. The summed E-state index contributed by atoms with van der Waals surface area (Å²) in [5.41, 5.74) is 1.29. The van der Waals surface area contributed by atoms with Gasteiger partial charge in [0.1, 0.15) is 29.0 Å². The number of hydrogen-bond acceptors (Lipinski definition) is 5. The lowest BCUT2D eigenvalue weighted by atomic mass is 10.1. The first-order chi connectivity index (χ1) is 14.3. The van der Waals surface area contributed by atoms with Crippen LogP contribution < -0.4 is 15.4 Å². The normalized spacial score (nSPS) is 10.4. The summed E-state index contributed by atoms with van der Waals surface area (Å²) in [6, 6.07) is 8.98. The number of ether oxygens (including phenoxy) is 1. The number of benzene rings is 1. The number of rotatable bonds is 6. The Morgan fingerprint density at radius 3 is 2.70 bits per heavy atom. The third-order valence-corrected chi connectivity index (χ3v) is 4.23. The number of nitrogens with zero attached hydrogens (tertiary/aromatic N) is 2. The van der Waals surface area contributed by atoms with Gasteiger partial charge < -0.3 is 15.2 Å². The van der Waals surface area contributed by atoms with E-state index in [2.05, 4.69) is 20.6 Å². The highest BCUT2D eigenvalue weighted by atomic mass is 35.5. The minimum atomic E-state index is -1.35. The lowest BCUT2D eigenvalue weighted by Gasteiger charge is -2.13. The average molecular weight is 431 g/mol. The van der Waals surface area contributed by atoms with Crippen LogP contribution in [0.4, 0.5) is 20.6 Å². The van der Waals surface area contributed by atoms with E-state index in [0.29, 0.717) is 11.4 Å². The smallest absolute Gasteiger partial charge is 0.409 e. The molecule has 2 amide bonds. The van der Waals surface area contributed by atoms with Gasteiger partial charge in [-0.3, -0.25) is 15.1 Å². The Bertz CT molecular complexity index is 1110. The molecule has 0 aliphatic carbocycles. The quantitative estimate of drug-likeness (QED) is 0.496. The van der Waals surface area contributed by atoms with Gasteiger partial charge in [-0.15, -0.1) is 0 Å². The molecule has 1 aromatic carbocycles. The molecule has 0 atom stereocenters. The van der Waals surface area contributed by atoms with E-state index < -0.39 is 17.8 Å². The molecule has 10 heteroatoms. The standard InChI is InChI=1S/C20H16ClFN4O4/c1-11-4-5-12(30-10-17-14(22)3-2-6-23-17)7-15(11)25-19(27)13-8-18(21)24-9-16(13)26-20(28)29/h2-9,26H,10H2,1H3,(H,25,27)(H,28,29). The fraction of sp³-hybridized carbons (Fsp3) is 0.100. The molecule has 0 aliphatic heterocycles. The highest BCUT2D eigenvalue weighted by molar-refractivity contribution is 6.30. The van der Waals surface area contributed by atoms with Crippen molar-refractivity contribution >= 4 is 35.0 Å². The largest absolute Gasteiger partial charge is 0.487 e. The molecule has 30 heavy (non-hydrogen) atoms. The molecular weight excluding hydrogens is 415 g/mol. The minimum absolute atomic E-state index is 0.00122. The van der Waals surface area contributed by atoms with E-state index in [-0.39, 0.29) is 28.7 Å². The Kier molecular flexibility index (Phi) is 6.43. The summed E-state index contributed by atoms with van der Waals surface area (Å²) in [4.78, 5) is 31.4. The van der Waals surface area contributed by atoms with E-state index in [1.807, 2.05) is 0 Å². The van der Waals surface area contributed by atoms with Crippen molar-refractivity contribution in [1.82, 2.24) is 9.97 Å². The van der Waals surface area contributed by atoms with Gasteiger partial charge in [-0.05, 0) is 36.8 Å².